The number of fused-ring (bicyclic) bond motifs is 3. The summed E-state index contributed by atoms with van der Waals surface area (Å²) in [5, 5.41) is 13.2. The van der Waals surface area contributed by atoms with Gasteiger partial charge >= 0.3 is 0 Å². The molecule has 3 aliphatic rings. The maximum atomic E-state index is 13.2. The van der Waals surface area contributed by atoms with Crippen molar-refractivity contribution in [3.63, 3.8) is 0 Å². The fourth-order valence-electron chi connectivity index (χ4n) is 3.39. The fourth-order valence-corrected chi connectivity index (χ4v) is 3.39. The predicted molar refractivity (Wildman–Crippen MR) is 69.0 cm³/mol. The molecule has 3 aliphatic heterocycles. The number of piperidine rings is 3. The summed E-state index contributed by atoms with van der Waals surface area (Å²) in [6.45, 7) is 3.20. The summed E-state index contributed by atoms with van der Waals surface area (Å²) in [6.07, 6.45) is 2.23. The minimum Gasteiger partial charge on any atom is -0.394 e. The van der Waals surface area contributed by atoms with Crippen molar-refractivity contribution in [1.82, 2.24) is 4.90 Å². The van der Waals surface area contributed by atoms with Gasteiger partial charge in [0.1, 0.15) is 5.82 Å². The zero-order chi connectivity index (χ0) is 12.6. The standard InChI is InChI=1S/C14H19FN2O/c15-12-2-1-3-13(8-12)16-14(10-18)9-17-6-4-11(14)5-7-17/h1-3,8,11,16,18H,4-7,9-10H2. The summed E-state index contributed by atoms with van der Waals surface area (Å²) in [5.74, 6) is 0.241. The van der Waals surface area contributed by atoms with Crippen molar-refractivity contribution in [1.29, 1.82) is 0 Å². The molecule has 3 nitrogen and oxygen atoms in total. The van der Waals surface area contributed by atoms with E-state index in [0.717, 1.165) is 38.2 Å². The van der Waals surface area contributed by atoms with E-state index in [1.165, 1.54) is 12.1 Å². The van der Waals surface area contributed by atoms with E-state index in [2.05, 4.69) is 10.2 Å². The second-order valence-electron chi connectivity index (χ2n) is 5.50. The molecule has 4 heteroatoms. The first kappa shape index (κ1) is 11.9. The van der Waals surface area contributed by atoms with Gasteiger partial charge < -0.3 is 15.3 Å². The summed E-state index contributed by atoms with van der Waals surface area (Å²) in [7, 11) is 0. The number of nitrogens with one attached hydrogen (secondary N) is 1. The van der Waals surface area contributed by atoms with Gasteiger partial charge in [0.05, 0.1) is 12.1 Å². The molecule has 3 saturated heterocycles. The highest BCUT2D eigenvalue weighted by Crippen LogP contribution is 2.37. The first-order valence-corrected chi connectivity index (χ1v) is 6.59. The Kier molecular flexibility index (Phi) is 2.99. The maximum absolute atomic E-state index is 13.2. The van der Waals surface area contributed by atoms with Crippen LogP contribution in [0.15, 0.2) is 24.3 Å². The molecule has 0 radical (unpaired) electrons. The fraction of sp³-hybridized carbons (Fsp3) is 0.571. The van der Waals surface area contributed by atoms with Crippen LogP contribution in [0.1, 0.15) is 12.8 Å². The lowest BCUT2D eigenvalue weighted by Crippen LogP contribution is -2.64. The molecule has 4 rings (SSSR count). The Morgan fingerprint density at radius 3 is 2.72 bits per heavy atom. The molecule has 18 heavy (non-hydrogen) atoms. The van der Waals surface area contributed by atoms with Crippen LogP contribution in [0.5, 0.6) is 0 Å². The second-order valence-corrected chi connectivity index (χ2v) is 5.50. The number of benzene rings is 1. The summed E-state index contributed by atoms with van der Waals surface area (Å²) in [4.78, 5) is 2.38. The van der Waals surface area contributed by atoms with Crippen LogP contribution in [0.25, 0.3) is 0 Å². The summed E-state index contributed by atoms with van der Waals surface area (Å²) in [5.41, 5.74) is 0.461. The van der Waals surface area contributed by atoms with E-state index in [4.69, 9.17) is 0 Å². The van der Waals surface area contributed by atoms with Gasteiger partial charge in [-0.05, 0) is 50.0 Å². The second kappa shape index (κ2) is 4.52. The molecule has 0 saturated carbocycles. The van der Waals surface area contributed by atoms with E-state index in [9.17, 15) is 9.50 Å². The highest BCUT2D eigenvalue weighted by Gasteiger charge is 2.46. The highest BCUT2D eigenvalue weighted by atomic mass is 19.1. The lowest BCUT2D eigenvalue weighted by Gasteiger charge is -2.53. The van der Waals surface area contributed by atoms with Crippen LogP contribution < -0.4 is 5.32 Å². The van der Waals surface area contributed by atoms with Crippen molar-refractivity contribution >= 4 is 5.69 Å². The molecular weight excluding hydrogens is 231 g/mol. The summed E-state index contributed by atoms with van der Waals surface area (Å²) >= 11 is 0. The number of halogens is 1. The molecule has 1 aromatic rings. The molecule has 1 unspecified atom stereocenters. The minimum absolute atomic E-state index is 0.102. The van der Waals surface area contributed by atoms with Crippen LogP contribution >= 0.6 is 0 Å². The molecule has 3 fully saturated rings. The van der Waals surface area contributed by atoms with Gasteiger partial charge in [-0.15, -0.1) is 0 Å². The third-order valence-electron chi connectivity index (χ3n) is 4.37. The van der Waals surface area contributed by atoms with E-state index >= 15 is 0 Å². The Balaban J connectivity index is 1.84. The quantitative estimate of drug-likeness (QED) is 0.857. The molecule has 1 aromatic carbocycles. The summed E-state index contributed by atoms with van der Waals surface area (Å²) < 4.78 is 13.2. The molecule has 2 N–H and O–H groups in total. The number of aliphatic hydroxyl groups excluding tert-OH is 1. The van der Waals surface area contributed by atoms with Crippen LogP contribution in [0.2, 0.25) is 0 Å². The van der Waals surface area contributed by atoms with Crippen molar-refractivity contribution < 1.29 is 9.50 Å². The van der Waals surface area contributed by atoms with Gasteiger partial charge in [-0.25, -0.2) is 4.39 Å². The lowest BCUT2D eigenvalue weighted by atomic mass is 9.73. The number of rotatable bonds is 3. The van der Waals surface area contributed by atoms with E-state index in [0.29, 0.717) is 5.92 Å². The normalized spacial score (nSPS) is 34.6. The van der Waals surface area contributed by atoms with Gasteiger partial charge in [0.2, 0.25) is 0 Å². The first-order valence-electron chi connectivity index (χ1n) is 6.59. The average molecular weight is 250 g/mol. The van der Waals surface area contributed by atoms with Crippen LogP contribution in [0.3, 0.4) is 0 Å². The Bertz CT molecular complexity index is 432. The van der Waals surface area contributed by atoms with Crippen molar-refractivity contribution in [2.75, 3.05) is 31.6 Å². The van der Waals surface area contributed by atoms with Crippen molar-refractivity contribution in [2.24, 2.45) is 5.92 Å². The summed E-state index contributed by atoms with van der Waals surface area (Å²) in [6, 6.07) is 6.49. The molecule has 0 aromatic heterocycles. The van der Waals surface area contributed by atoms with E-state index in [1.54, 1.807) is 6.07 Å². The minimum atomic E-state index is -0.301. The van der Waals surface area contributed by atoms with Crippen molar-refractivity contribution in [2.45, 2.75) is 18.4 Å². The third kappa shape index (κ3) is 1.99. The molecule has 0 spiro atoms. The van der Waals surface area contributed by atoms with Gasteiger partial charge in [0.25, 0.3) is 0 Å². The monoisotopic (exact) mass is 250 g/mol. The van der Waals surface area contributed by atoms with Crippen LogP contribution in [0, 0.1) is 11.7 Å². The number of hydrogen-bond acceptors (Lipinski definition) is 3. The zero-order valence-corrected chi connectivity index (χ0v) is 10.4. The number of aliphatic hydroxyl groups is 1. The van der Waals surface area contributed by atoms with Crippen molar-refractivity contribution in [3.05, 3.63) is 30.1 Å². The van der Waals surface area contributed by atoms with Crippen molar-refractivity contribution in [3.8, 4) is 0 Å². The number of hydrogen-bond donors (Lipinski definition) is 2. The van der Waals surface area contributed by atoms with Crippen LogP contribution in [-0.4, -0.2) is 41.8 Å². The van der Waals surface area contributed by atoms with Gasteiger partial charge in [-0.2, -0.15) is 0 Å². The largest absolute Gasteiger partial charge is 0.394 e. The Labute approximate surface area is 107 Å². The molecule has 3 heterocycles. The van der Waals surface area contributed by atoms with Gasteiger partial charge in [0, 0.05) is 12.2 Å². The molecule has 2 bridgehead atoms. The molecule has 1 atom stereocenters. The Morgan fingerprint density at radius 1 is 1.39 bits per heavy atom. The lowest BCUT2D eigenvalue weighted by molar-refractivity contribution is 0.00916. The number of nitrogens with zero attached hydrogens (tertiary/aromatic N) is 1. The van der Waals surface area contributed by atoms with Crippen LogP contribution in [0.4, 0.5) is 10.1 Å². The SMILES string of the molecule is OCC1(Nc2cccc(F)c2)CN2CCC1CC2. The van der Waals surface area contributed by atoms with Gasteiger partial charge in [0.15, 0.2) is 0 Å². The topological polar surface area (TPSA) is 35.5 Å². The highest BCUT2D eigenvalue weighted by molar-refractivity contribution is 5.46. The van der Waals surface area contributed by atoms with E-state index < -0.39 is 0 Å². The zero-order valence-electron chi connectivity index (χ0n) is 10.4. The third-order valence-corrected chi connectivity index (χ3v) is 4.37. The molecule has 98 valence electrons. The number of anilines is 1. The first-order chi connectivity index (χ1) is 8.72. The van der Waals surface area contributed by atoms with E-state index in [1.807, 2.05) is 6.07 Å². The van der Waals surface area contributed by atoms with Gasteiger partial charge in [-0.3, -0.25) is 0 Å². The smallest absolute Gasteiger partial charge is 0.125 e. The molecule has 0 aliphatic carbocycles. The molecular formula is C14H19FN2O. The molecule has 0 amide bonds. The average Bonchev–Trinajstić information content (AvgIpc) is 2.40. The Hall–Kier alpha value is -1.13. The Morgan fingerprint density at radius 2 is 2.17 bits per heavy atom. The maximum Gasteiger partial charge on any atom is 0.125 e. The predicted octanol–water partition coefficient (Wildman–Crippen LogP) is 1.69. The van der Waals surface area contributed by atoms with Crippen LogP contribution in [-0.2, 0) is 0 Å². The van der Waals surface area contributed by atoms with Gasteiger partial charge in [-0.1, -0.05) is 6.07 Å². The van der Waals surface area contributed by atoms with E-state index in [-0.39, 0.29) is 18.0 Å².